The summed E-state index contributed by atoms with van der Waals surface area (Å²) in [4.78, 5) is 39.3. The first kappa shape index (κ1) is 20.6. The maximum atomic E-state index is 12.5. The molecule has 2 aromatic rings. The number of likely N-dealkylation sites (N-methyl/N-ethyl adjacent to an activating group) is 1. The molecule has 1 aromatic carbocycles. The fraction of sp³-hybridized carbons (Fsp3) is 0.381. The molecule has 1 atom stereocenters. The fourth-order valence-corrected chi connectivity index (χ4v) is 3.48. The summed E-state index contributed by atoms with van der Waals surface area (Å²) in [6.07, 6.45) is 3.63. The third-order valence-electron chi connectivity index (χ3n) is 5.03. The molecular weight excluding hydrogens is 372 g/mol. The summed E-state index contributed by atoms with van der Waals surface area (Å²) in [5.74, 6) is -1.26. The standard InChI is InChI=1S/C21H26N4O4/c1-2-25-11-5-7-15(25)13-22-20(27)21(28)24-18-10-4-3-9-17(18)19(26)23-14-16-8-6-12-29-16/h3-4,6,8-10,12,15H,2,5,7,11,13-14H2,1H3,(H,22,27)(H,23,26)(H,24,28)/t15-/m0/s1. The van der Waals surface area contributed by atoms with Gasteiger partial charge >= 0.3 is 11.8 Å². The minimum atomic E-state index is -0.794. The van der Waals surface area contributed by atoms with Crippen LogP contribution in [-0.2, 0) is 16.1 Å². The molecule has 29 heavy (non-hydrogen) atoms. The molecule has 3 rings (SSSR count). The summed E-state index contributed by atoms with van der Waals surface area (Å²) in [6, 6.07) is 10.3. The van der Waals surface area contributed by atoms with Crippen LogP contribution in [0.5, 0.6) is 0 Å². The van der Waals surface area contributed by atoms with Crippen molar-refractivity contribution in [3.8, 4) is 0 Å². The second-order valence-corrected chi connectivity index (χ2v) is 6.90. The number of carbonyl (C=O) groups is 3. The largest absolute Gasteiger partial charge is 0.467 e. The van der Waals surface area contributed by atoms with Crippen LogP contribution in [0.25, 0.3) is 0 Å². The molecule has 2 heterocycles. The monoisotopic (exact) mass is 398 g/mol. The number of nitrogens with zero attached hydrogens (tertiary/aromatic N) is 1. The highest BCUT2D eigenvalue weighted by molar-refractivity contribution is 6.40. The number of hydrogen-bond donors (Lipinski definition) is 3. The summed E-state index contributed by atoms with van der Waals surface area (Å²) in [6.45, 7) is 4.69. The van der Waals surface area contributed by atoms with E-state index in [1.165, 1.54) is 6.26 Å². The Balaban J connectivity index is 1.55. The van der Waals surface area contributed by atoms with Crippen molar-refractivity contribution in [1.82, 2.24) is 15.5 Å². The van der Waals surface area contributed by atoms with Crippen molar-refractivity contribution in [1.29, 1.82) is 0 Å². The molecule has 8 heteroatoms. The van der Waals surface area contributed by atoms with Crippen molar-refractivity contribution >= 4 is 23.4 Å². The van der Waals surface area contributed by atoms with E-state index in [-0.39, 0.29) is 29.7 Å². The quantitative estimate of drug-likeness (QED) is 0.617. The lowest BCUT2D eigenvalue weighted by Gasteiger charge is -2.22. The number of likely N-dealkylation sites (tertiary alicyclic amines) is 1. The lowest BCUT2D eigenvalue weighted by atomic mass is 10.1. The molecule has 1 aromatic heterocycles. The van der Waals surface area contributed by atoms with Crippen LogP contribution >= 0.6 is 0 Å². The number of amides is 3. The summed E-state index contributed by atoms with van der Waals surface area (Å²) in [7, 11) is 0. The van der Waals surface area contributed by atoms with Crippen molar-refractivity contribution in [2.75, 3.05) is 25.0 Å². The van der Waals surface area contributed by atoms with E-state index >= 15 is 0 Å². The van der Waals surface area contributed by atoms with E-state index in [0.717, 1.165) is 25.9 Å². The highest BCUT2D eigenvalue weighted by atomic mass is 16.3. The minimum Gasteiger partial charge on any atom is -0.467 e. The molecule has 0 unspecified atom stereocenters. The molecule has 3 N–H and O–H groups in total. The molecule has 3 amide bonds. The molecule has 1 fully saturated rings. The summed E-state index contributed by atoms with van der Waals surface area (Å²) in [5.41, 5.74) is 0.550. The van der Waals surface area contributed by atoms with E-state index < -0.39 is 11.8 Å². The Labute approximate surface area is 169 Å². The number of para-hydroxylation sites is 1. The van der Waals surface area contributed by atoms with Crippen LogP contribution in [0.15, 0.2) is 47.1 Å². The number of hydrogen-bond acceptors (Lipinski definition) is 5. The fourth-order valence-electron chi connectivity index (χ4n) is 3.48. The van der Waals surface area contributed by atoms with E-state index in [9.17, 15) is 14.4 Å². The average Bonchev–Trinajstić information content (AvgIpc) is 3.42. The van der Waals surface area contributed by atoms with Crippen molar-refractivity contribution in [3.63, 3.8) is 0 Å². The highest BCUT2D eigenvalue weighted by Gasteiger charge is 2.25. The molecule has 0 bridgehead atoms. The zero-order valence-corrected chi connectivity index (χ0v) is 16.4. The number of anilines is 1. The van der Waals surface area contributed by atoms with Gasteiger partial charge in [-0.3, -0.25) is 19.3 Å². The normalized spacial score (nSPS) is 16.4. The van der Waals surface area contributed by atoms with Gasteiger partial charge in [-0.2, -0.15) is 0 Å². The maximum absolute atomic E-state index is 12.5. The van der Waals surface area contributed by atoms with Gasteiger partial charge in [0.15, 0.2) is 0 Å². The molecule has 0 saturated carbocycles. The molecule has 154 valence electrons. The van der Waals surface area contributed by atoms with Gasteiger partial charge in [0, 0.05) is 12.6 Å². The first-order chi connectivity index (χ1) is 14.1. The Kier molecular flexibility index (Phi) is 7.02. The molecular formula is C21H26N4O4. The minimum absolute atomic E-state index is 0.226. The van der Waals surface area contributed by atoms with Crippen LogP contribution in [0.1, 0.15) is 35.9 Å². The van der Waals surface area contributed by atoms with Gasteiger partial charge in [0.2, 0.25) is 0 Å². The molecule has 1 aliphatic heterocycles. The van der Waals surface area contributed by atoms with Gasteiger partial charge in [-0.1, -0.05) is 19.1 Å². The van der Waals surface area contributed by atoms with E-state index in [1.54, 1.807) is 36.4 Å². The highest BCUT2D eigenvalue weighted by Crippen LogP contribution is 2.16. The van der Waals surface area contributed by atoms with E-state index in [1.807, 2.05) is 0 Å². The van der Waals surface area contributed by atoms with Crippen LogP contribution in [0.3, 0.4) is 0 Å². The van der Waals surface area contributed by atoms with Crippen molar-refractivity contribution in [3.05, 3.63) is 54.0 Å². The van der Waals surface area contributed by atoms with Gasteiger partial charge in [-0.05, 0) is 50.2 Å². The number of nitrogens with one attached hydrogen (secondary N) is 3. The molecule has 1 saturated heterocycles. The van der Waals surface area contributed by atoms with E-state index in [2.05, 4.69) is 27.8 Å². The SMILES string of the molecule is CCN1CCC[C@H]1CNC(=O)C(=O)Nc1ccccc1C(=O)NCc1ccco1. The summed E-state index contributed by atoms with van der Waals surface area (Å²) >= 11 is 0. The summed E-state index contributed by atoms with van der Waals surface area (Å²) < 4.78 is 5.19. The Morgan fingerprint density at radius 2 is 1.93 bits per heavy atom. The van der Waals surface area contributed by atoms with Gasteiger partial charge in [0.25, 0.3) is 5.91 Å². The molecule has 0 radical (unpaired) electrons. The van der Waals surface area contributed by atoms with Crippen molar-refractivity contribution < 1.29 is 18.8 Å². The lowest BCUT2D eigenvalue weighted by molar-refractivity contribution is -0.136. The van der Waals surface area contributed by atoms with Gasteiger partial charge in [0.1, 0.15) is 5.76 Å². The number of carbonyl (C=O) groups excluding carboxylic acids is 3. The first-order valence-electron chi connectivity index (χ1n) is 9.81. The predicted molar refractivity (Wildman–Crippen MR) is 108 cm³/mol. The Hall–Kier alpha value is -3.13. The number of rotatable bonds is 7. The zero-order valence-electron chi connectivity index (χ0n) is 16.4. The average molecular weight is 398 g/mol. The van der Waals surface area contributed by atoms with Crippen LogP contribution in [0.4, 0.5) is 5.69 Å². The van der Waals surface area contributed by atoms with Crippen molar-refractivity contribution in [2.45, 2.75) is 32.4 Å². The molecule has 1 aliphatic rings. The Morgan fingerprint density at radius 1 is 1.10 bits per heavy atom. The molecule has 0 spiro atoms. The van der Waals surface area contributed by atoms with Gasteiger partial charge in [-0.15, -0.1) is 0 Å². The van der Waals surface area contributed by atoms with Gasteiger partial charge < -0.3 is 20.4 Å². The third-order valence-corrected chi connectivity index (χ3v) is 5.03. The van der Waals surface area contributed by atoms with Gasteiger partial charge in [-0.25, -0.2) is 0 Å². The van der Waals surface area contributed by atoms with Crippen LogP contribution in [-0.4, -0.2) is 48.3 Å². The lowest BCUT2D eigenvalue weighted by Crippen LogP contribution is -2.43. The second kappa shape index (κ2) is 9.88. The van der Waals surface area contributed by atoms with E-state index in [0.29, 0.717) is 12.3 Å². The Bertz CT molecular complexity index is 850. The first-order valence-corrected chi connectivity index (χ1v) is 9.81. The molecule has 0 aliphatic carbocycles. The van der Waals surface area contributed by atoms with Crippen LogP contribution < -0.4 is 16.0 Å². The number of furan rings is 1. The smallest absolute Gasteiger partial charge is 0.313 e. The van der Waals surface area contributed by atoms with Crippen molar-refractivity contribution in [2.24, 2.45) is 0 Å². The van der Waals surface area contributed by atoms with Crippen LogP contribution in [0.2, 0.25) is 0 Å². The maximum Gasteiger partial charge on any atom is 0.313 e. The summed E-state index contributed by atoms with van der Waals surface area (Å²) in [5, 5.41) is 7.96. The second-order valence-electron chi connectivity index (χ2n) is 6.90. The van der Waals surface area contributed by atoms with Gasteiger partial charge in [0.05, 0.1) is 24.1 Å². The Morgan fingerprint density at radius 3 is 2.69 bits per heavy atom. The zero-order chi connectivity index (χ0) is 20.6. The number of benzene rings is 1. The predicted octanol–water partition coefficient (Wildman–Crippen LogP) is 1.75. The van der Waals surface area contributed by atoms with Crippen LogP contribution in [0, 0.1) is 0 Å². The third kappa shape index (κ3) is 5.45. The van der Waals surface area contributed by atoms with E-state index in [4.69, 9.17) is 4.42 Å². The topological polar surface area (TPSA) is 104 Å². The molecule has 8 nitrogen and oxygen atoms in total.